The largest absolute Gasteiger partial charge is 0.390 e. The number of hydrogen-bond donors (Lipinski definition) is 2. The summed E-state index contributed by atoms with van der Waals surface area (Å²) in [6.07, 6.45) is 5.01. The van der Waals surface area contributed by atoms with Gasteiger partial charge >= 0.3 is 0 Å². The molecule has 5 nitrogen and oxygen atoms in total. The molecule has 0 saturated heterocycles. The lowest BCUT2D eigenvalue weighted by molar-refractivity contribution is 0.0852. The molecule has 0 unspecified atom stereocenters. The van der Waals surface area contributed by atoms with E-state index in [0.29, 0.717) is 34.3 Å². The van der Waals surface area contributed by atoms with Crippen molar-refractivity contribution >= 4 is 40.8 Å². The third-order valence-electron chi connectivity index (χ3n) is 7.47. The second-order valence-electron chi connectivity index (χ2n) is 10.0. The highest BCUT2D eigenvalue weighted by Gasteiger charge is 2.34. The minimum absolute atomic E-state index is 0.300. The number of benzene rings is 3. The number of carbonyl (C=O) groups excluding carboxylic acids is 1. The maximum Gasteiger partial charge on any atom is 0.272 e. The molecule has 0 radical (unpaired) electrons. The molecule has 2 N–H and O–H groups in total. The molecule has 0 spiro atoms. The maximum atomic E-state index is 13.8. The molecule has 2 aliphatic carbocycles. The van der Waals surface area contributed by atoms with Gasteiger partial charge in [-0.05, 0) is 84.4 Å². The van der Waals surface area contributed by atoms with Crippen LogP contribution in [0.3, 0.4) is 0 Å². The number of aromatic nitrogens is 2. The van der Waals surface area contributed by atoms with Crippen molar-refractivity contribution in [2.45, 2.75) is 44.2 Å². The summed E-state index contributed by atoms with van der Waals surface area (Å²) in [5, 5.41) is 19.5. The predicted molar refractivity (Wildman–Crippen MR) is 152 cm³/mol. The summed E-state index contributed by atoms with van der Waals surface area (Å²) in [4.78, 5) is 13.8. The van der Waals surface area contributed by atoms with Gasteiger partial charge < -0.3 is 10.4 Å². The smallest absolute Gasteiger partial charge is 0.272 e. The van der Waals surface area contributed by atoms with E-state index in [0.717, 1.165) is 52.8 Å². The van der Waals surface area contributed by atoms with Gasteiger partial charge in [0.05, 0.1) is 28.5 Å². The molecular weight excluding hydrogens is 536 g/mol. The zero-order valence-electron chi connectivity index (χ0n) is 21.0. The third kappa shape index (κ3) is 5.00. The fraction of sp³-hybridized carbons (Fsp3) is 0.226. The highest BCUT2D eigenvalue weighted by Crippen LogP contribution is 2.38. The molecule has 6 rings (SSSR count). The maximum absolute atomic E-state index is 13.8. The molecule has 0 aliphatic heterocycles. The van der Waals surface area contributed by atoms with Crippen LogP contribution in [-0.4, -0.2) is 26.9 Å². The Morgan fingerprint density at radius 2 is 1.82 bits per heavy atom. The van der Waals surface area contributed by atoms with E-state index in [-0.39, 0.29) is 11.7 Å². The quantitative estimate of drug-likeness (QED) is 0.264. The standard InChI is InChI=1S/C31H26Cl2FN3O2/c32-21-11-14-26(25(33)17-21)37-30-20(15-18-9-12-22(34)13-10-18)6-2-4-8-24(30)29(36-37)31(39)35-28-23-7-3-1-5-19(23)16-27(28)38/h1,3,5,7,9-15,17,27-28,38H,2,4,6,8,16H2,(H,35,39)/t27-,28+/m1/s1. The topological polar surface area (TPSA) is 67.2 Å². The fourth-order valence-corrected chi connectivity index (χ4v) is 6.11. The van der Waals surface area contributed by atoms with E-state index < -0.39 is 12.1 Å². The van der Waals surface area contributed by atoms with Crippen molar-refractivity contribution in [3.8, 4) is 5.69 Å². The number of aliphatic hydroxyl groups excluding tert-OH is 1. The Balaban J connectivity index is 1.48. The van der Waals surface area contributed by atoms with Crippen molar-refractivity contribution in [1.82, 2.24) is 15.1 Å². The van der Waals surface area contributed by atoms with Gasteiger partial charge in [-0.1, -0.05) is 59.6 Å². The zero-order valence-corrected chi connectivity index (χ0v) is 22.5. The summed E-state index contributed by atoms with van der Waals surface area (Å²) >= 11 is 12.8. The minimum atomic E-state index is -0.716. The van der Waals surface area contributed by atoms with Crippen molar-refractivity contribution in [1.29, 1.82) is 0 Å². The molecule has 3 aromatic carbocycles. The van der Waals surface area contributed by atoms with E-state index in [1.807, 2.05) is 30.3 Å². The monoisotopic (exact) mass is 561 g/mol. The number of fused-ring (bicyclic) bond motifs is 2. The van der Waals surface area contributed by atoms with Gasteiger partial charge in [0, 0.05) is 17.0 Å². The number of nitrogens with one attached hydrogen (secondary N) is 1. The SMILES string of the molecule is O=C(N[C@H]1c2ccccc2C[C@H]1O)c1nn(-c2ccc(Cl)cc2Cl)c2c1CCCCC2=Cc1ccc(F)cc1. The van der Waals surface area contributed by atoms with Crippen LogP contribution in [0.5, 0.6) is 0 Å². The van der Waals surface area contributed by atoms with Crippen molar-refractivity contribution < 1.29 is 14.3 Å². The van der Waals surface area contributed by atoms with Gasteiger partial charge in [0.2, 0.25) is 0 Å². The molecule has 4 aromatic rings. The summed E-state index contributed by atoms with van der Waals surface area (Å²) in [6.45, 7) is 0. The first-order valence-corrected chi connectivity index (χ1v) is 13.7. The Labute approximate surface area is 235 Å². The van der Waals surface area contributed by atoms with Crippen LogP contribution in [-0.2, 0) is 12.8 Å². The van der Waals surface area contributed by atoms with Gasteiger partial charge in [0.25, 0.3) is 5.91 Å². The lowest BCUT2D eigenvalue weighted by Crippen LogP contribution is -2.34. The van der Waals surface area contributed by atoms with E-state index in [2.05, 4.69) is 5.32 Å². The second-order valence-corrected chi connectivity index (χ2v) is 10.9. The first-order chi connectivity index (χ1) is 18.9. The molecule has 0 bridgehead atoms. The van der Waals surface area contributed by atoms with Crippen LogP contribution in [0.25, 0.3) is 17.3 Å². The van der Waals surface area contributed by atoms with Gasteiger partial charge in [-0.25, -0.2) is 9.07 Å². The summed E-state index contributed by atoms with van der Waals surface area (Å²) in [7, 11) is 0. The molecule has 2 aliphatic rings. The summed E-state index contributed by atoms with van der Waals surface area (Å²) in [5.41, 5.74) is 6.32. The number of hydrogen-bond acceptors (Lipinski definition) is 3. The predicted octanol–water partition coefficient (Wildman–Crippen LogP) is 6.97. The van der Waals surface area contributed by atoms with Crippen molar-refractivity contribution in [2.75, 3.05) is 0 Å². The van der Waals surface area contributed by atoms with Crippen LogP contribution in [0.2, 0.25) is 10.0 Å². The van der Waals surface area contributed by atoms with Gasteiger partial charge in [0.1, 0.15) is 5.82 Å². The van der Waals surface area contributed by atoms with Crippen LogP contribution in [0.15, 0.2) is 66.7 Å². The first kappa shape index (κ1) is 25.8. The number of amides is 1. The van der Waals surface area contributed by atoms with E-state index in [4.69, 9.17) is 28.3 Å². The molecule has 2 atom stereocenters. The number of carbonyl (C=O) groups is 1. The molecule has 0 saturated carbocycles. The normalized spacial score (nSPS) is 19.4. The average Bonchev–Trinajstić information content (AvgIpc) is 3.36. The lowest BCUT2D eigenvalue weighted by Gasteiger charge is -2.17. The second kappa shape index (κ2) is 10.6. The number of aliphatic hydroxyl groups is 1. The molecule has 1 amide bonds. The summed E-state index contributed by atoms with van der Waals surface area (Å²) < 4.78 is 15.3. The molecule has 0 fully saturated rings. The highest BCUT2D eigenvalue weighted by atomic mass is 35.5. The number of allylic oxidation sites excluding steroid dienone is 1. The highest BCUT2D eigenvalue weighted by molar-refractivity contribution is 6.35. The summed E-state index contributed by atoms with van der Waals surface area (Å²) in [6, 6.07) is 18.7. The van der Waals surface area contributed by atoms with Crippen molar-refractivity contribution in [3.63, 3.8) is 0 Å². The van der Waals surface area contributed by atoms with Crippen molar-refractivity contribution in [3.05, 3.63) is 116 Å². The number of halogens is 3. The molecule has 39 heavy (non-hydrogen) atoms. The van der Waals surface area contributed by atoms with Crippen molar-refractivity contribution in [2.24, 2.45) is 0 Å². The molecule has 8 heteroatoms. The van der Waals surface area contributed by atoms with Crippen LogP contribution in [0, 0.1) is 5.82 Å². The van der Waals surface area contributed by atoms with Crippen LogP contribution >= 0.6 is 23.2 Å². The molecule has 198 valence electrons. The lowest BCUT2D eigenvalue weighted by atomic mass is 10.0. The number of rotatable bonds is 4. The van der Waals surface area contributed by atoms with E-state index in [9.17, 15) is 14.3 Å². The van der Waals surface area contributed by atoms with Crippen LogP contribution < -0.4 is 5.32 Å². The summed E-state index contributed by atoms with van der Waals surface area (Å²) in [5.74, 6) is -0.648. The van der Waals surface area contributed by atoms with Crippen LogP contribution in [0.4, 0.5) is 4.39 Å². The van der Waals surface area contributed by atoms with Gasteiger partial charge in [-0.2, -0.15) is 5.10 Å². The first-order valence-electron chi connectivity index (χ1n) is 13.0. The Kier molecular flexibility index (Phi) is 7.02. The van der Waals surface area contributed by atoms with Gasteiger partial charge in [-0.15, -0.1) is 0 Å². The Morgan fingerprint density at radius 3 is 2.62 bits per heavy atom. The third-order valence-corrected chi connectivity index (χ3v) is 8.00. The zero-order chi connectivity index (χ0) is 27.1. The molecule has 1 aromatic heterocycles. The Morgan fingerprint density at radius 1 is 1.05 bits per heavy atom. The molecule has 1 heterocycles. The van der Waals surface area contributed by atoms with Gasteiger partial charge in [-0.3, -0.25) is 4.79 Å². The van der Waals surface area contributed by atoms with Crippen LogP contribution in [0.1, 0.15) is 63.7 Å². The van der Waals surface area contributed by atoms with E-state index in [1.165, 1.54) is 12.1 Å². The van der Waals surface area contributed by atoms with E-state index in [1.54, 1.807) is 35.0 Å². The number of nitrogens with zero attached hydrogens (tertiary/aromatic N) is 2. The van der Waals surface area contributed by atoms with Gasteiger partial charge in [0.15, 0.2) is 5.69 Å². The van der Waals surface area contributed by atoms with E-state index >= 15 is 0 Å². The average molecular weight is 562 g/mol. The Bertz CT molecular complexity index is 1600. The minimum Gasteiger partial charge on any atom is -0.390 e. The fourth-order valence-electron chi connectivity index (χ4n) is 5.62. The molecular formula is C31H26Cl2FN3O2. The Hall–Kier alpha value is -3.45.